The van der Waals surface area contributed by atoms with Crippen LogP contribution in [0.2, 0.25) is 0 Å². The van der Waals surface area contributed by atoms with Crippen LogP contribution < -0.4 is 0 Å². The summed E-state index contributed by atoms with van der Waals surface area (Å²) in [5, 5.41) is 11.6. The topological polar surface area (TPSA) is 35.9 Å². The second-order valence-electron chi connectivity index (χ2n) is 4.68. The molecular formula is C13H22N2O2. The van der Waals surface area contributed by atoms with Crippen LogP contribution in [0.4, 0.5) is 0 Å². The van der Waals surface area contributed by atoms with E-state index in [2.05, 4.69) is 4.90 Å². The first kappa shape index (κ1) is 12.6. The Morgan fingerprint density at radius 2 is 2.00 bits per heavy atom. The van der Waals surface area contributed by atoms with Gasteiger partial charge in [0.15, 0.2) is 0 Å². The van der Waals surface area contributed by atoms with E-state index in [4.69, 9.17) is 4.84 Å². The van der Waals surface area contributed by atoms with Gasteiger partial charge in [0.1, 0.15) is 6.61 Å². The Morgan fingerprint density at radius 3 is 2.71 bits per heavy atom. The van der Waals surface area contributed by atoms with Crippen LogP contribution >= 0.6 is 0 Å². The van der Waals surface area contributed by atoms with Gasteiger partial charge in [-0.15, -0.1) is 0 Å². The van der Waals surface area contributed by atoms with Gasteiger partial charge < -0.3 is 10.0 Å². The van der Waals surface area contributed by atoms with E-state index in [1.807, 2.05) is 24.4 Å². The molecule has 2 aliphatic heterocycles. The number of aliphatic hydroxyl groups excluding tert-OH is 1. The zero-order chi connectivity index (χ0) is 11.9. The van der Waals surface area contributed by atoms with Crippen molar-refractivity contribution in [2.24, 2.45) is 0 Å². The highest BCUT2D eigenvalue weighted by molar-refractivity contribution is 5.06. The summed E-state index contributed by atoms with van der Waals surface area (Å²) >= 11 is 0. The van der Waals surface area contributed by atoms with E-state index in [0.29, 0.717) is 6.61 Å². The molecule has 2 heterocycles. The average molecular weight is 238 g/mol. The van der Waals surface area contributed by atoms with Crippen LogP contribution in [0.25, 0.3) is 0 Å². The second kappa shape index (κ2) is 6.79. The predicted molar refractivity (Wildman–Crippen MR) is 67.2 cm³/mol. The minimum absolute atomic E-state index is 0.370. The van der Waals surface area contributed by atoms with Gasteiger partial charge in [-0.05, 0) is 32.0 Å². The number of hydrogen-bond donors (Lipinski definition) is 1. The van der Waals surface area contributed by atoms with Crippen molar-refractivity contribution in [3.05, 3.63) is 24.4 Å². The van der Waals surface area contributed by atoms with Crippen LogP contribution in [0, 0.1) is 0 Å². The zero-order valence-corrected chi connectivity index (χ0v) is 10.3. The van der Waals surface area contributed by atoms with Crippen molar-refractivity contribution < 1.29 is 9.94 Å². The summed E-state index contributed by atoms with van der Waals surface area (Å²) < 4.78 is 0. The maximum atomic E-state index is 9.90. The highest BCUT2D eigenvalue weighted by Gasteiger charge is 2.15. The third-order valence-electron chi connectivity index (χ3n) is 3.14. The molecule has 17 heavy (non-hydrogen) atoms. The first-order valence-electron chi connectivity index (χ1n) is 6.48. The maximum absolute atomic E-state index is 9.90. The highest BCUT2D eigenvalue weighted by Crippen LogP contribution is 2.09. The Labute approximate surface area is 103 Å². The lowest BCUT2D eigenvalue weighted by molar-refractivity contribution is -0.142. The monoisotopic (exact) mass is 238 g/mol. The molecule has 4 heteroatoms. The van der Waals surface area contributed by atoms with Crippen LogP contribution in [0.3, 0.4) is 0 Å². The van der Waals surface area contributed by atoms with E-state index in [9.17, 15) is 5.11 Å². The quantitative estimate of drug-likeness (QED) is 0.779. The Morgan fingerprint density at radius 1 is 1.18 bits per heavy atom. The number of piperidine rings is 1. The highest BCUT2D eigenvalue weighted by atomic mass is 16.7. The summed E-state index contributed by atoms with van der Waals surface area (Å²) in [6, 6.07) is 0. The molecule has 2 aliphatic rings. The number of nitrogens with zero attached hydrogens (tertiary/aromatic N) is 2. The molecule has 0 aromatic carbocycles. The number of likely N-dealkylation sites (tertiary alicyclic amines) is 1. The largest absolute Gasteiger partial charge is 0.389 e. The van der Waals surface area contributed by atoms with E-state index < -0.39 is 6.10 Å². The molecule has 0 spiro atoms. The van der Waals surface area contributed by atoms with Crippen molar-refractivity contribution >= 4 is 0 Å². The molecule has 0 aromatic heterocycles. The Hall–Kier alpha value is -0.840. The summed E-state index contributed by atoms with van der Waals surface area (Å²) in [7, 11) is 0. The first-order valence-corrected chi connectivity index (χ1v) is 6.48. The predicted octanol–water partition coefficient (Wildman–Crippen LogP) is 1.15. The minimum Gasteiger partial charge on any atom is -0.389 e. The lowest BCUT2D eigenvalue weighted by Crippen LogP contribution is -2.39. The van der Waals surface area contributed by atoms with Gasteiger partial charge in [0.2, 0.25) is 0 Å². The molecule has 0 unspecified atom stereocenters. The number of aliphatic hydroxyl groups is 1. The number of hydrogen-bond acceptors (Lipinski definition) is 4. The summed E-state index contributed by atoms with van der Waals surface area (Å²) in [6.07, 6.45) is 11.3. The number of hydroxylamine groups is 2. The maximum Gasteiger partial charge on any atom is 0.102 e. The van der Waals surface area contributed by atoms with Gasteiger partial charge in [-0.1, -0.05) is 18.6 Å². The second-order valence-corrected chi connectivity index (χ2v) is 4.68. The lowest BCUT2D eigenvalue weighted by atomic mass is 10.1. The zero-order valence-electron chi connectivity index (χ0n) is 10.3. The van der Waals surface area contributed by atoms with Gasteiger partial charge >= 0.3 is 0 Å². The normalized spacial score (nSPS) is 23.0. The molecule has 96 valence electrons. The molecule has 2 rings (SSSR count). The van der Waals surface area contributed by atoms with Crippen LogP contribution in [0.15, 0.2) is 24.4 Å². The molecule has 0 aliphatic carbocycles. The van der Waals surface area contributed by atoms with Crippen molar-refractivity contribution in [3.8, 4) is 0 Å². The van der Waals surface area contributed by atoms with E-state index >= 15 is 0 Å². The van der Waals surface area contributed by atoms with Crippen LogP contribution in [0.5, 0.6) is 0 Å². The fraction of sp³-hybridized carbons (Fsp3) is 0.692. The minimum atomic E-state index is -0.396. The number of rotatable bonds is 5. The smallest absolute Gasteiger partial charge is 0.102 e. The number of allylic oxidation sites excluding steroid dienone is 2. The van der Waals surface area contributed by atoms with Gasteiger partial charge in [0, 0.05) is 12.7 Å². The fourth-order valence-corrected chi connectivity index (χ4v) is 2.22. The summed E-state index contributed by atoms with van der Waals surface area (Å²) in [6.45, 7) is 4.09. The molecule has 1 saturated heterocycles. The van der Waals surface area contributed by atoms with Crippen molar-refractivity contribution in [3.63, 3.8) is 0 Å². The van der Waals surface area contributed by atoms with Crippen molar-refractivity contribution in [1.29, 1.82) is 0 Å². The third-order valence-corrected chi connectivity index (χ3v) is 3.14. The molecule has 1 fully saturated rings. The number of β-amino-alcohol motifs (C(OH)–C–C–N with tert-alkyl or cyclic N) is 1. The molecule has 1 N–H and O–H groups in total. The van der Waals surface area contributed by atoms with Gasteiger partial charge in [-0.25, -0.2) is 0 Å². The fourth-order valence-electron chi connectivity index (χ4n) is 2.22. The molecule has 0 radical (unpaired) electrons. The van der Waals surface area contributed by atoms with E-state index in [0.717, 1.165) is 26.2 Å². The van der Waals surface area contributed by atoms with Gasteiger partial charge in [0.25, 0.3) is 0 Å². The lowest BCUT2D eigenvalue weighted by Gasteiger charge is -2.29. The third kappa shape index (κ3) is 4.50. The molecule has 0 amide bonds. The van der Waals surface area contributed by atoms with Crippen LogP contribution in [-0.2, 0) is 4.84 Å². The molecule has 0 bridgehead atoms. The summed E-state index contributed by atoms with van der Waals surface area (Å²) in [4.78, 5) is 7.83. The molecule has 0 aromatic rings. The van der Waals surface area contributed by atoms with Crippen molar-refractivity contribution in [1.82, 2.24) is 9.96 Å². The standard InChI is InChI=1S/C13H22N2O2/c16-13(11-14-7-3-1-4-8-14)12-17-15-9-5-2-6-10-15/h2,5-6,9,13,16H,1,3-4,7-8,10-12H2/t13-/m1/s1. The van der Waals surface area contributed by atoms with Gasteiger partial charge in [-0.3, -0.25) is 9.90 Å². The van der Waals surface area contributed by atoms with Crippen LogP contribution in [0.1, 0.15) is 19.3 Å². The average Bonchev–Trinajstić information content (AvgIpc) is 2.39. The van der Waals surface area contributed by atoms with E-state index in [1.54, 1.807) is 5.06 Å². The van der Waals surface area contributed by atoms with Crippen LogP contribution in [-0.4, -0.2) is 54.0 Å². The molecule has 1 atom stereocenters. The molecular weight excluding hydrogens is 216 g/mol. The summed E-state index contributed by atoms with van der Waals surface area (Å²) in [5.41, 5.74) is 0. The SMILES string of the molecule is O[C@@H](CON1C=CC=CC1)CN1CCCCC1. The Kier molecular flexibility index (Phi) is 5.04. The molecule has 0 saturated carbocycles. The first-order chi connectivity index (χ1) is 8.34. The van der Waals surface area contributed by atoms with E-state index in [-0.39, 0.29) is 0 Å². The van der Waals surface area contributed by atoms with Gasteiger partial charge in [0.05, 0.1) is 12.6 Å². The Bertz CT molecular complexity index is 273. The molecule has 4 nitrogen and oxygen atoms in total. The van der Waals surface area contributed by atoms with Crippen molar-refractivity contribution in [2.45, 2.75) is 25.4 Å². The van der Waals surface area contributed by atoms with E-state index in [1.165, 1.54) is 19.3 Å². The van der Waals surface area contributed by atoms with Crippen molar-refractivity contribution in [2.75, 3.05) is 32.8 Å². The summed E-state index contributed by atoms with van der Waals surface area (Å²) in [5.74, 6) is 0. The Balaban J connectivity index is 1.61. The van der Waals surface area contributed by atoms with Gasteiger partial charge in [-0.2, -0.15) is 0 Å².